The Balaban J connectivity index is 1.52. The van der Waals surface area contributed by atoms with Gasteiger partial charge in [-0.05, 0) is 72.9 Å². The van der Waals surface area contributed by atoms with Gasteiger partial charge in [0.2, 0.25) is 0 Å². The van der Waals surface area contributed by atoms with Gasteiger partial charge in [-0.15, -0.1) is 0 Å². The molecule has 0 unspecified atom stereocenters. The van der Waals surface area contributed by atoms with Crippen LogP contribution in [0.1, 0.15) is 33.7 Å². The van der Waals surface area contributed by atoms with Gasteiger partial charge in [0.15, 0.2) is 17.0 Å². The van der Waals surface area contributed by atoms with Gasteiger partial charge in [0, 0.05) is 17.3 Å². The fourth-order valence-electron chi connectivity index (χ4n) is 4.04. The molecule has 1 N–H and O–H groups in total. The highest BCUT2D eigenvalue weighted by Crippen LogP contribution is 2.33. The third-order valence-electron chi connectivity index (χ3n) is 5.69. The molecule has 5 rings (SSSR count). The molecule has 33 heavy (non-hydrogen) atoms. The number of ether oxygens (including phenoxy) is 1. The Morgan fingerprint density at radius 2 is 1.79 bits per heavy atom. The summed E-state index contributed by atoms with van der Waals surface area (Å²) in [6.07, 6.45) is -1.66. The molecule has 0 spiro atoms. The average molecular weight is 452 g/mol. The van der Waals surface area contributed by atoms with Gasteiger partial charge in [-0.2, -0.15) is 18.3 Å². The summed E-state index contributed by atoms with van der Waals surface area (Å²) >= 11 is 0. The van der Waals surface area contributed by atoms with Crippen molar-refractivity contribution in [1.29, 1.82) is 0 Å². The van der Waals surface area contributed by atoms with E-state index in [4.69, 9.17) is 4.74 Å². The summed E-state index contributed by atoms with van der Waals surface area (Å²) in [5.41, 5.74) is 2.36. The van der Waals surface area contributed by atoms with Crippen molar-refractivity contribution in [2.24, 2.45) is 0 Å². The van der Waals surface area contributed by atoms with Gasteiger partial charge >= 0.3 is 6.18 Å². The molecule has 0 bridgehead atoms. The van der Waals surface area contributed by atoms with Crippen LogP contribution in [0.25, 0.3) is 16.9 Å². The number of alkyl halides is 3. The molecular formula is C24H19F3N4O2. The molecular weight excluding hydrogens is 433 g/mol. The van der Waals surface area contributed by atoms with E-state index in [1.54, 1.807) is 30.3 Å². The molecule has 0 radical (unpaired) electrons. The van der Waals surface area contributed by atoms with Crippen molar-refractivity contribution in [2.45, 2.75) is 25.4 Å². The molecule has 2 aromatic heterocycles. The number of nitrogens with zero attached hydrogens (tertiary/aromatic N) is 3. The Morgan fingerprint density at radius 1 is 1.03 bits per heavy atom. The number of anilines is 1. The van der Waals surface area contributed by atoms with Crippen LogP contribution in [0.2, 0.25) is 0 Å². The third-order valence-corrected chi connectivity index (χ3v) is 5.69. The van der Waals surface area contributed by atoms with Gasteiger partial charge in [0.25, 0.3) is 5.91 Å². The van der Waals surface area contributed by atoms with Crippen molar-refractivity contribution >= 4 is 17.2 Å². The third kappa shape index (κ3) is 4.02. The normalized spacial score (nSPS) is 13.2. The van der Waals surface area contributed by atoms with Gasteiger partial charge in [0.05, 0.1) is 12.8 Å². The minimum Gasteiger partial charge on any atom is -0.497 e. The first kappa shape index (κ1) is 21.0. The second kappa shape index (κ2) is 7.91. The zero-order valence-corrected chi connectivity index (χ0v) is 17.6. The first-order valence-electron chi connectivity index (χ1n) is 10.4. The highest BCUT2D eigenvalue weighted by Gasteiger charge is 2.35. The van der Waals surface area contributed by atoms with Crippen LogP contribution in [0.3, 0.4) is 0 Å². The molecule has 2 aromatic carbocycles. The number of aromatic nitrogens is 3. The Hall–Kier alpha value is -3.88. The Kier molecular flexibility index (Phi) is 5.03. The molecule has 0 aliphatic heterocycles. The largest absolute Gasteiger partial charge is 0.497 e. The summed E-state index contributed by atoms with van der Waals surface area (Å²) < 4.78 is 47.2. The summed E-state index contributed by atoms with van der Waals surface area (Å²) in [7, 11) is 1.50. The average Bonchev–Trinajstić information content (AvgIpc) is 3.44. The molecule has 0 saturated carbocycles. The van der Waals surface area contributed by atoms with E-state index in [0.29, 0.717) is 21.5 Å². The van der Waals surface area contributed by atoms with E-state index in [1.807, 2.05) is 12.1 Å². The van der Waals surface area contributed by atoms with Gasteiger partial charge in [-0.3, -0.25) is 4.79 Å². The summed E-state index contributed by atoms with van der Waals surface area (Å²) in [6.45, 7) is 0. The fraction of sp³-hybridized carbons (Fsp3) is 0.208. The maximum atomic E-state index is 13.8. The molecule has 9 heteroatoms. The number of halogens is 3. The zero-order chi connectivity index (χ0) is 23.2. The van der Waals surface area contributed by atoms with E-state index >= 15 is 0 Å². The van der Waals surface area contributed by atoms with Gasteiger partial charge in [-0.25, -0.2) is 9.50 Å². The van der Waals surface area contributed by atoms with Crippen LogP contribution in [-0.2, 0) is 19.0 Å². The second-order valence-corrected chi connectivity index (χ2v) is 7.84. The summed E-state index contributed by atoms with van der Waals surface area (Å²) in [6, 6.07) is 14.4. The van der Waals surface area contributed by atoms with Crippen LogP contribution in [0, 0.1) is 0 Å². The highest BCUT2D eigenvalue weighted by atomic mass is 19.4. The molecule has 1 aliphatic rings. The maximum absolute atomic E-state index is 13.8. The van der Waals surface area contributed by atoms with E-state index < -0.39 is 17.8 Å². The fourth-order valence-corrected chi connectivity index (χ4v) is 4.04. The number of aryl methyl sites for hydroxylation is 2. The smallest absolute Gasteiger partial charge is 0.433 e. The number of hydrogen-bond acceptors (Lipinski definition) is 4. The number of carbonyl (C=O) groups excluding carboxylic acids is 1. The Morgan fingerprint density at radius 3 is 2.52 bits per heavy atom. The zero-order valence-electron chi connectivity index (χ0n) is 17.6. The number of hydrogen-bond donors (Lipinski definition) is 1. The first-order valence-corrected chi connectivity index (χ1v) is 10.4. The van der Waals surface area contributed by atoms with Crippen molar-refractivity contribution in [2.75, 3.05) is 12.4 Å². The highest BCUT2D eigenvalue weighted by molar-refractivity contribution is 6.03. The van der Waals surface area contributed by atoms with Crippen molar-refractivity contribution in [1.82, 2.24) is 14.6 Å². The number of amides is 1. The topological polar surface area (TPSA) is 68.5 Å². The summed E-state index contributed by atoms with van der Waals surface area (Å²) in [5, 5.41) is 6.64. The van der Waals surface area contributed by atoms with Crippen LogP contribution in [0.4, 0.5) is 18.9 Å². The Labute approximate surface area is 187 Å². The predicted molar refractivity (Wildman–Crippen MR) is 116 cm³/mol. The number of nitrogens with one attached hydrogen (secondary N) is 1. The first-order chi connectivity index (χ1) is 15.8. The molecule has 0 fully saturated rings. The van der Waals surface area contributed by atoms with Crippen molar-refractivity contribution in [3.63, 3.8) is 0 Å². The second-order valence-electron chi connectivity index (χ2n) is 7.84. The molecule has 2 heterocycles. The lowest BCUT2D eigenvalue weighted by molar-refractivity contribution is -0.142. The lowest BCUT2D eigenvalue weighted by Crippen LogP contribution is -2.15. The number of rotatable bonds is 4. The molecule has 1 amide bonds. The number of methoxy groups -OCH3 is 1. The lowest BCUT2D eigenvalue weighted by Gasteiger charge is -2.11. The SMILES string of the molecule is COc1ccc(-c2cc(C(F)(F)F)n3nc(C(=O)Nc4ccc5c(c4)CCC5)cc3n2)cc1. The van der Waals surface area contributed by atoms with Crippen LogP contribution in [-0.4, -0.2) is 27.6 Å². The van der Waals surface area contributed by atoms with Crippen molar-refractivity contribution < 1.29 is 22.7 Å². The van der Waals surface area contributed by atoms with Crippen LogP contribution in [0.5, 0.6) is 5.75 Å². The summed E-state index contributed by atoms with van der Waals surface area (Å²) in [4.78, 5) is 17.1. The molecule has 1 aliphatic carbocycles. The van der Waals surface area contributed by atoms with Crippen LogP contribution < -0.4 is 10.1 Å². The molecule has 4 aromatic rings. The number of carbonyl (C=O) groups is 1. The lowest BCUT2D eigenvalue weighted by atomic mass is 10.1. The standard InChI is InChI=1S/C24H19F3N4O2/c1-33-18-9-6-15(7-10-18)19-12-21(24(25,26)27)31-22(29-19)13-20(30-31)23(32)28-17-8-5-14-3-2-4-16(14)11-17/h5-13H,2-4H2,1H3,(H,28,32). The summed E-state index contributed by atoms with van der Waals surface area (Å²) in [5.74, 6) is -0.0247. The van der Waals surface area contributed by atoms with Crippen molar-refractivity contribution in [3.8, 4) is 17.0 Å². The number of benzene rings is 2. The van der Waals surface area contributed by atoms with E-state index in [-0.39, 0.29) is 17.0 Å². The van der Waals surface area contributed by atoms with E-state index in [9.17, 15) is 18.0 Å². The van der Waals surface area contributed by atoms with E-state index in [0.717, 1.165) is 25.3 Å². The quantitative estimate of drug-likeness (QED) is 0.464. The van der Waals surface area contributed by atoms with E-state index in [1.165, 1.54) is 24.3 Å². The predicted octanol–water partition coefficient (Wildman–Crippen LogP) is 5.16. The Bertz CT molecular complexity index is 1360. The van der Waals surface area contributed by atoms with Crippen LogP contribution >= 0.6 is 0 Å². The molecule has 0 saturated heterocycles. The minimum absolute atomic E-state index is 0.0743. The number of fused-ring (bicyclic) bond motifs is 2. The maximum Gasteiger partial charge on any atom is 0.433 e. The van der Waals surface area contributed by atoms with E-state index in [2.05, 4.69) is 15.4 Å². The van der Waals surface area contributed by atoms with Gasteiger partial charge < -0.3 is 10.1 Å². The monoisotopic (exact) mass is 452 g/mol. The minimum atomic E-state index is -4.69. The van der Waals surface area contributed by atoms with Crippen molar-refractivity contribution in [3.05, 3.63) is 77.1 Å². The van der Waals surface area contributed by atoms with Gasteiger partial charge in [-0.1, -0.05) is 6.07 Å². The molecule has 6 nitrogen and oxygen atoms in total. The molecule has 0 atom stereocenters. The van der Waals surface area contributed by atoms with Crippen LogP contribution in [0.15, 0.2) is 54.6 Å². The molecule has 168 valence electrons. The van der Waals surface area contributed by atoms with Gasteiger partial charge in [0.1, 0.15) is 5.75 Å².